The Morgan fingerprint density at radius 1 is 1.53 bits per heavy atom. The van der Waals surface area contributed by atoms with Crippen molar-refractivity contribution in [1.82, 2.24) is 0 Å². The second-order valence-electron chi connectivity index (χ2n) is 2.88. The van der Waals surface area contributed by atoms with E-state index in [-0.39, 0.29) is 5.75 Å². The topological polar surface area (TPSA) is 50.1 Å². The number of ether oxygens (including phenoxy) is 1. The fourth-order valence-electron chi connectivity index (χ4n) is 0.838. The molecule has 0 spiro atoms. The van der Waals surface area contributed by atoms with Crippen molar-refractivity contribution < 1.29 is 22.1 Å². The highest BCUT2D eigenvalue weighted by molar-refractivity contribution is 7.84. The number of hydrogen-bond acceptors (Lipinski definition) is 3. The minimum atomic E-state index is -4.59. The molecule has 0 aliphatic carbocycles. The number of rotatable bonds is 6. The third kappa shape index (κ3) is 6.47. The van der Waals surface area contributed by atoms with Crippen molar-refractivity contribution in [2.24, 2.45) is 5.92 Å². The van der Waals surface area contributed by atoms with Gasteiger partial charge in [-0.05, 0) is 6.42 Å². The maximum atomic E-state index is 12.1. The summed E-state index contributed by atoms with van der Waals surface area (Å²) < 4.78 is 52.1. The molecule has 0 aromatic carbocycles. The van der Waals surface area contributed by atoms with Crippen LogP contribution in [0.5, 0.6) is 0 Å². The van der Waals surface area contributed by atoms with E-state index in [0.717, 1.165) is 6.07 Å². The van der Waals surface area contributed by atoms with Gasteiger partial charge < -0.3 is 4.74 Å². The second-order valence-corrected chi connectivity index (χ2v) is 4.50. The molecule has 0 aliphatic rings. The number of nitrogens with zero attached hydrogens (tertiary/aromatic N) is 1. The summed E-state index contributed by atoms with van der Waals surface area (Å²) in [4.78, 5) is 0. The van der Waals surface area contributed by atoms with Crippen LogP contribution < -0.4 is 0 Å². The Kier molecular flexibility index (Phi) is 6.52. The monoisotopic (exact) mass is 243 g/mol. The molecule has 7 heteroatoms. The molecule has 0 aliphatic heterocycles. The molecule has 0 aromatic heterocycles. The smallest absolute Gasteiger partial charge is 0.385 e. The molecule has 0 saturated carbocycles. The Bertz CT molecular complexity index is 249. The minimum Gasteiger partial charge on any atom is -0.385 e. The zero-order valence-electron chi connectivity index (χ0n) is 8.21. The van der Waals surface area contributed by atoms with Crippen LogP contribution in [-0.2, 0) is 15.5 Å². The van der Waals surface area contributed by atoms with Gasteiger partial charge in [0.25, 0.3) is 0 Å². The van der Waals surface area contributed by atoms with Crippen molar-refractivity contribution in [3.05, 3.63) is 0 Å². The number of alkyl halides is 3. The standard InChI is InChI=1S/C8H12F3NO2S/c1-14-3-2-4-15(13)6-7(5-12)8(9,10)11/h7H,2-4,6H2,1H3. The van der Waals surface area contributed by atoms with Gasteiger partial charge in [-0.1, -0.05) is 0 Å². The molecule has 0 aromatic rings. The fourth-order valence-corrected chi connectivity index (χ4v) is 2.08. The molecule has 0 radical (unpaired) electrons. The third-order valence-corrected chi connectivity index (χ3v) is 3.07. The van der Waals surface area contributed by atoms with E-state index in [1.54, 1.807) is 0 Å². The van der Waals surface area contributed by atoms with Gasteiger partial charge in [-0.25, -0.2) is 0 Å². The average molecular weight is 243 g/mol. The molecular formula is C8H12F3NO2S. The molecule has 0 saturated heterocycles. The van der Waals surface area contributed by atoms with Crippen molar-refractivity contribution in [1.29, 1.82) is 5.26 Å². The largest absolute Gasteiger partial charge is 0.405 e. The first-order valence-electron chi connectivity index (χ1n) is 4.22. The lowest BCUT2D eigenvalue weighted by atomic mass is 10.2. The van der Waals surface area contributed by atoms with Gasteiger partial charge in [-0.15, -0.1) is 0 Å². The molecule has 0 heterocycles. The SMILES string of the molecule is COCCCS(=O)CC(C#N)C(F)(F)F. The van der Waals surface area contributed by atoms with Gasteiger partial charge in [-0.2, -0.15) is 18.4 Å². The predicted octanol–water partition coefficient (Wildman–Crippen LogP) is 1.47. The van der Waals surface area contributed by atoms with Crippen LogP contribution in [0.4, 0.5) is 13.2 Å². The Balaban J connectivity index is 3.99. The van der Waals surface area contributed by atoms with E-state index in [4.69, 9.17) is 5.26 Å². The number of hydrogen-bond donors (Lipinski definition) is 0. The van der Waals surface area contributed by atoms with Gasteiger partial charge in [0.2, 0.25) is 0 Å². The first-order valence-corrected chi connectivity index (χ1v) is 5.71. The molecular weight excluding hydrogens is 231 g/mol. The van der Waals surface area contributed by atoms with Crippen molar-refractivity contribution in [2.75, 3.05) is 25.2 Å². The molecule has 0 rings (SSSR count). The van der Waals surface area contributed by atoms with Crippen molar-refractivity contribution in [2.45, 2.75) is 12.6 Å². The van der Waals surface area contributed by atoms with Crippen LogP contribution in [0.25, 0.3) is 0 Å². The Morgan fingerprint density at radius 3 is 2.53 bits per heavy atom. The Hall–Kier alpha value is -0.610. The minimum absolute atomic E-state index is 0.127. The van der Waals surface area contributed by atoms with Crippen LogP contribution in [0.1, 0.15) is 6.42 Å². The van der Waals surface area contributed by atoms with Gasteiger partial charge in [0.05, 0.1) is 6.07 Å². The average Bonchev–Trinajstić information content (AvgIpc) is 2.12. The molecule has 0 fully saturated rings. The summed E-state index contributed by atoms with van der Waals surface area (Å²) in [5.41, 5.74) is 0. The zero-order valence-corrected chi connectivity index (χ0v) is 9.03. The molecule has 2 atom stereocenters. The third-order valence-electron chi connectivity index (χ3n) is 1.62. The van der Waals surface area contributed by atoms with Crippen molar-refractivity contribution >= 4 is 10.8 Å². The van der Waals surface area contributed by atoms with Crippen molar-refractivity contribution in [3.63, 3.8) is 0 Å². The Labute approximate surface area is 88.7 Å². The first kappa shape index (κ1) is 14.4. The van der Waals surface area contributed by atoms with E-state index in [2.05, 4.69) is 4.74 Å². The van der Waals surface area contributed by atoms with Crippen LogP contribution in [0.3, 0.4) is 0 Å². The number of nitriles is 1. The van der Waals surface area contributed by atoms with Gasteiger partial charge in [-0.3, -0.25) is 4.21 Å². The van der Waals surface area contributed by atoms with E-state index >= 15 is 0 Å². The summed E-state index contributed by atoms with van der Waals surface area (Å²) in [5.74, 6) is -2.66. The summed E-state index contributed by atoms with van der Waals surface area (Å²) in [6.07, 6.45) is -4.16. The predicted molar refractivity (Wildman–Crippen MR) is 49.5 cm³/mol. The summed E-state index contributed by atoms with van der Waals surface area (Å²) >= 11 is 0. The normalized spacial score (nSPS) is 15.7. The summed E-state index contributed by atoms with van der Waals surface area (Å²) in [7, 11) is -0.165. The van der Waals surface area contributed by atoms with Crippen LogP contribution in [-0.4, -0.2) is 35.6 Å². The zero-order chi connectivity index (χ0) is 11.9. The summed E-state index contributed by atoms with van der Waals surface area (Å²) in [6.45, 7) is 0.356. The van der Waals surface area contributed by atoms with E-state index in [9.17, 15) is 17.4 Å². The highest BCUT2D eigenvalue weighted by atomic mass is 32.2. The fraction of sp³-hybridized carbons (Fsp3) is 0.875. The molecule has 2 unspecified atom stereocenters. The Morgan fingerprint density at radius 2 is 2.13 bits per heavy atom. The number of halogens is 3. The van der Waals surface area contributed by atoms with Crippen LogP contribution in [0, 0.1) is 17.2 Å². The lowest BCUT2D eigenvalue weighted by Gasteiger charge is -2.12. The first-order chi connectivity index (χ1) is 6.91. The van der Waals surface area contributed by atoms with Crippen LogP contribution >= 0.6 is 0 Å². The summed E-state index contributed by atoms with van der Waals surface area (Å²) in [6, 6.07) is 1.11. The van der Waals surface area contributed by atoms with Crippen LogP contribution in [0.15, 0.2) is 0 Å². The maximum absolute atomic E-state index is 12.1. The van der Waals surface area contributed by atoms with Gasteiger partial charge in [0.15, 0.2) is 5.92 Å². The molecule has 0 N–H and O–H groups in total. The molecule has 15 heavy (non-hydrogen) atoms. The second kappa shape index (κ2) is 6.80. The molecule has 3 nitrogen and oxygen atoms in total. The lowest BCUT2D eigenvalue weighted by Crippen LogP contribution is -2.27. The highest BCUT2D eigenvalue weighted by Crippen LogP contribution is 2.26. The quantitative estimate of drug-likeness (QED) is 0.664. The number of methoxy groups -OCH3 is 1. The van der Waals surface area contributed by atoms with E-state index < -0.39 is 28.6 Å². The molecule has 88 valence electrons. The lowest BCUT2D eigenvalue weighted by molar-refractivity contribution is -0.153. The van der Waals surface area contributed by atoms with Gasteiger partial charge in [0, 0.05) is 36.0 Å². The van der Waals surface area contributed by atoms with Crippen LogP contribution in [0.2, 0.25) is 0 Å². The molecule has 0 bridgehead atoms. The van der Waals surface area contributed by atoms with E-state index in [1.165, 1.54) is 7.11 Å². The summed E-state index contributed by atoms with van der Waals surface area (Å²) in [5, 5.41) is 8.25. The van der Waals surface area contributed by atoms with E-state index in [1.807, 2.05) is 0 Å². The maximum Gasteiger partial charge on any atom is 0.405 e. The van der Waals surface area contributed by atoms with Gasteiger partial charge in [0.1, 0.15) is 0 Å². The molecule has 0 amide bonds. The van der Waals surface area contributed by atoms with Gasteiger partial charge >= 0.3 is 6.18 Å². The van der Waals surface area contributed by atoms with Crippen molar-refractivity contribution in [3.8, 4) is 6.07 Å². The highest BCUT2D eigenvalue weighted by Gasteiger charge is 2.40. The van der Waals surface area contributed by atoms with E-state index in [0.29, 0.717) is 13.0 Å².